The van der Waals surface area contributed by atoms with Crippen molar-refractivity contribution in [3.8, 4) is 0 Å². The number of carbonyl (C=O) groups excluding carboxylic acids is 1. The minimum atomic E-state index is -0.403. The van der Waals surface area contributed by atoms with Gasteiger partial charge < -0.3 is 5.32 Å². The molecule has 0 bridgehead atoms. The van der Waals surface area contributed by atoms with Crippen molar-refractivity contribution < 1.29 is 9.18 Å². The number of hydrogen-bond acceptors (Lipinski definition) is 3. The van der Waals surface area contributed by atoms with Crippen molar-refractivity contribution in [2.45, 2.75) is 13.0 Å². The maximum absolute atomic E-state index is 13.1. The molecule has 0 aliphatic rings. The number of halogens is 2. The van der Waals surface area contributed by atoms with E-state index in [-0.39, 0.29) is 11.9 Å². The van der Waals surface area contributed by atoms with Crippen LogP contribution in [0.4, 0.5) is 4.39 Å². The molecule has 0 saturated carbocycles. The number of pyridine rings is 1. The van der Waals surface area contributed by atoms with Gasteiger partial charge >= 0.3 is 0 Å². The molecule has 1 aromatic carbocycles. The summed E-state index contributed by atoms with van der Waals surface area (Å²) in [5.74, 6) is -0.0887. The Balaban J connectivity index is 1.84. The second-order valence-electron chi connectivity index (χ2n) is 4.81. The van der Waals surface area contributed by atoms with Gasteiger partial charge in [0.15, 0.2) is 11.5 Å². The van der Waals surface area contributed by atoms with Crippen LogP contribution in [0, 0.1) is 5.82 Å². The Hall–Kier alpha value is -2.28. The Morgan fingerprint density at radius 3 is 2.91 bits per heavy atom. The fourth-order valence-corrected chi connectivity index (χ4v) is 2.70. The van der Waals surface area contributed by atoms with Crippen LogP contribution in [0.1, 0.15) is 29.1 Å². The molecule has 3 aromatic rings. The molecule has 0 fully saturated rings. The maximum Gasteiger partial charge on any atom is 0.253 e. The van der Waals surface area contributed by atoms with Crippen LogP contribution in [0.15, 0.2) is 47.1 Å². The Bertz CT molecular complexity index is 848. The van der Waals surface area contributed by atoms with Gasteiger partial charge in [0.05, 0.1) is 11.6 Å². The van der Waals surface area contributed by atoms with Gasteiger partial charge in [-0.25, -0.2) is 4.39 Å². The summed E-state index contributed by atoms with van der Waals surface area (Å²) in [5.41, 5.74) is 1.07. The van der Waals surface area contributed by atoms with Crippen LogP contribution in [0.25, 0.3) is 5.65 Å². The lowest BCUT2D eigenvalue weighted by atomic mass is 10.2. The standard InChI is InChI=1S/C15H12BrFN4O/c1-9(14-20-19-13-4-2-3-7-21(13)14)18-15(22)11-6-5-10(17)8-12(11)16/h2-9H,1H3,(H,18,22). The number of amides is 1. The molecule has 22 heavy (non-hydrogen) atoms. The van der Waals surface area contributed by atoms with Gasteiger partial charge in [-0.15, -0.1) is 10.2 Å². The highest BCUT2D eigenvalue weighted by molar-refractivity contribution is 9.10. The van der Waals surface area contributed by atoms with Gasteiger partial charge in [-0.1, -0.05) is 6.07 Å². The lowest BCUT2D eigenvalue weighted by Gasteiger charge is -2.13. The van der Waals surface area contributed by atoms with Gasteiger partial charge in [0.1, 0.15) is 5.82 Å². The lowest BCUT2D eigenvalue weighted by Crippen LogP contribution is -2.28. The number of hydrogen-bond donors (Lipinski definition) is 1. The molecule has 3 rings (SSSR count). The van der Waals surface area contributed by atoms with Crippen molar-refractivity contribution in [2.24, 2.45) is 0 Å². The average molecular weight is 363 g/mol. The van der Waals surface area contributed by atoms with E-state index >= 15 is 0 Å². The second-order valence-corrected chi connectivity index (χ2v) is 5.66. The molecule has 1 atom stereocenters. The molecule has 1 unspecified atom stereocenters. The summed E-state index contributed by atoms with van der Waals surface area (Å²) < 4.78 is 15.3. The third-order valence-corrected chi connectivity index (χ3v) is 3.91. The smallest absolute Gasteiger partial charge is 0.253 e. The Morgan fingerprint density at radius 2 is 2.14 bits per heavy atom. The highest BCUT2D eigenvalue weighted by Crippen LogP contribution is 2.19. The molecule has 0 saturated heterocycles. The summed E-state index contributed by atoms with van der Waals surface area (Å²) in [6.07, 6.45) is 1.83. The molecule has 0 radical (unpaired) electrons. The highest BCUT2D eigenvalue weighted by Gasteiger charge is 2.18. The Morgan fingerprint density at radius 1 is 1.32 bits per heavy atom. The van der Waals surface area contributed by atoms with Gasteiger partial charge in [-0.05, 0) is 53.2 Å². The topological polar surface area (TPSA) is 59.3 Å². The van der Waals surface area contributed by atoms with Crippen LogP contribution >= 0.6 is 15.9 Å². The summed E-state index contributed by atoms with van der Waals surface area (Å²) in [6.45, 7) is 1.82. The SMILES string of the molecule is CC(NC(=O)c1ccc(F)cc1Br)c1nnc2ccccn12. The first kappa shape index (κ1) is 14.6. The Labute approximate surface area is 134 Å². The number of benzene rings is 1. The monoisotopic (exact) mass is 362 g/mol. The molecule has 0 aliphatic carbocycles. The molecule has 1 N–H and O–H groups in total. The number of aromatic nitrogens is 3. The van der Waals surface area contributed by atoms with Crippen molar-refractivity contribution in [3.05, 3.63) is 64.3 Å². The first-order valence-corrected chi connectivity index (χ1v) is 7.41. The van der Waals surface area contributed by atoms with E-state index in [0.29, 0.717) is 21.5 Å². The molecular formula is C15H12BrFN4O. The predicted molar refractivity (Wildman–Crippen MR) is 83.0 cm³/mol. The van der Waals surface area contributed by atoms with Gasteiger partial charge in [0, 0.05) is 10.7 Å². The van der Waals surface area contributed by atoms with Crippen LogP contribution < -0.4 is 5.32 Å². The molecule has 2 heterocycles. The molecule has 0 spiro atoms. The van der Waals surface area contributed by atoms with Crippen molar-refractivity contribution in [1.82, 2.24) is 19.9 Å². The number of fused-ring (bicyclic) bond motifs is 1. The van der Waals surface area contributed by atoms with E-state index < -0.39 is 5.82 Å². The second kappa shape index (κ2) is 5.84. The zero-order valence-corrected chi connectivity index (χ0v) is 13.2. The van der Waals surface area contributed by atoms with Crippen LogP contribution in [-0.4, -0.2) is 20.5 Å². The van der Waals surface area contributed by atoms with E-state index in [1.807, 2.05) is 35.7 Å². The predicted octanol–water partition coefficient (Wildman–Crippen LogP) is 3.12. The Kier molecular flexibility index (Phi) is 3.89. The normalized spacial score (nSPS) is 12.3. The van der Waals surface area contributed by atoms with Gasteiger partial charge in [-0.3, -0.25) is 9.20 Å². The largest absolute Gasteiger partial charge is 0.342 e. The number of carbonyl (C=O) groups is 1. The first-order valence-electron chi connectivity index (χ1n) is 6.62. The van der Waals surface area contributed by atoms with Gasteiger partial charge in [-0.2, -0.15) is 0 Å². The molecule has 1 amide bonds. The average Bonchev–Trinajstić information content (AvgIpc) is 2.91. The van der Waals surface area contributed by atoms with E-state index in [2.05, 4.69) is 31.4 Å². The van der Waals surface area contributed by atoms with Crippen LogP contribution in [-0.2, 0) is 0 Å². The first-order chi connectivity index (χ1) is 10.6. The number of nitrogens with one attached hydrogen (secondary N) is 1. The van der Waals surface area contributed by atoms with Crippen molar-refractivity contribution >= 4 is 27.5 Å². The van der Waals surface area contributed by atoms with E-state index in [1.165, 1.54) is 18.2 Å². The fourth-order valence-electron chi connectivity index (χ4n) is 2.17. The highest BCUT2D eigenvalue weighted by atomic mass is 79.9. The summed E-state index contributed by atoms with van der Waals surface area (Å²) >= 11 is 3.19. The van der Waals surface area contributed by atoms with Crippen LogP contribution in [0.2, 0.25) is 0 Å². The summed E-state index contributed by atoms with van der Waals surface area (Å²) in [7, 11) is 0. The molecule has 0 aliphatic heterocycles. The fraction of sp³-hybridized carbons (Fsp3) is 0.133. The molecular weight excluding hydrogens is 351 g/mol. The lowest BCUT2D eigenvalue weighted by molar-refractivity contribution is 0.0937. The van der Waals surface area contributed by atoms with Crippen molar-refractivity contribution in [2.75, 3.05) is 0 Å². The third kappa shape index (κ3) is 2.71. The maximum atomic E-state index is 13.1. The minimum Gasteiger partial charge on any atom is -0.342 e. The van der Waals surface area contributed by atoms with Gasteiger partial charge in [0.25, 0.3) is 5.91 Å². The van der Waals surface area contributed by atoms with E-state index in [1.54, 1.807) is 0 Å². The number of nitrogens with zero attached hydrogens (tertiary/aromatic N) is 3. The van der Waals surface area contributed by atoms with Crippen molar-refractivity contribution in [3.63, 3.8) is 0 Å². The molecule has 5 nitrogen and oxygen atoms in total. The van der Waals surface area contributed by atoms with Crippen molar-refractivity contribution in [1.29, 1.82) is 0 Å². The van der Waals surface area contributed by atoms with Gasteiger partial charge in [0.2, 0.25) is 0 Å². The summed E-state index contributed by atoms with van der Waals surface area (Å²) in [6, 6.07) is 9.16. The molecule has 7 heteroatoms. The third-order valence-electron chi connectivity index (χ3n) is 3.25. The zero-order chi connectivity index (χ0) is 15.7. The molecule has 2 aromatic heterocycles. The quantitative estimate of drug-likeness (QED) is 0.778. The zero-order valence-electron chi connectivity index (χ0n) is 11.6. The van der Waals surface area contributed by atoms with E-state index in [4.69, 9.17) is 0 Å². The summed E-state index contributed by atoms with van der Waals surface area (Å²) in [5, 5.41) is 11.0. The van der Waals surface area contributed by atoms with Crippen LogP contribution in [0.5, 0.6) is 0 Å². The minimum absolute atomic E-state index is 0.313. The van der Waals surface area contributed by atoms with Crippen LogP contribution in [0.3, 0.4) is 0 Å². The van der Waals surface area contributed by atoms with E-state index in [9.17, 15) is 9.18 Å². The number of rotatable bonds is 3. The molecule has 112 valence electrons. The van der Waals surface area contributed by atoms with E-state index in [0.717, 1.165) is 0 Å². The summed E-state index contributed by atoms with van der Waals surface area (Å²) in [4.78, 5) is 12.3.